The van der Waals surface area contributed by atoms with Crippen LogP contribution >= 0.6 is 0 Å². The Morgan fingerprint density at radius 3 is 2.53 bits per heavy atom. The number of nitrogens with zero attached hydrogens (tertiary/aromatic N) is 3. The summed E-state index contributed by atoms with van der Waals surface area (Å²) in [6.45, 7) is 1.07. The van der Waals surface area contributed by atoms with Gasteiger partial charge in [-0.25, -0.2) is 13.2 Å². The quantitative estimate of drug-likeness (QED) is 0.582. The molecule has 2 saturated heterocycles. The number of aromatic nitrogens is 2. The zero-order valence-electron chi connectivity index (χ0n) is 18.8. The largest absolute Gasteiger partial charge is 0.467 e. The fraction of sp³-hybridized carbons (Fsp3) is 0.545. The van der Waals surface area contributed by atoms with E-state index in [9.17, 15) is 26.4 Å². The van der Waals surface area contributed by atoms with Crippen LogP contribution in [0.3, 0.4) is 0 Å². The van der Waals surface area contributed by atoms with Crippen LogP contribution in [0.25, 0.3) is 0 Å². The molecule has 2 aliphatic rings. The van der Waals surface area contributed by atoms with E-state index in [1.165, 1.54) is 18.1 Å². The molecule has 2 atom stereocenters. The van der Waals surface area contributed by atoms with Gasteiger partial charge < -0.3 is 14.4 Å². The number of hydrogen-bond acceptors (Lipinski definition) is 7. The summed E-state index contributed by atoms with van der Waals surface area (Å²) in [7, 11) is -1.46. The second-order valence-corrected chi connectivity index (χ2v) is 10.7. The molecular formula is C22H26F3N3O5S. The Kier molecular flexibility index (Phi) is 6.65. The highest BCUT2D eigenvalue weighted by atomic mass is 32.2. The molecule has 1 aromatic heterocycles. The number of carbonyl (C=O) groups excluding carboxylic acids is 1. The molecule has 0 spiro atoms. The molecule has 34 heavy (non-hydrogen) atoms. The van der Waals surface area contributed by atoms with E-state index in [4.69, 9.17) is 9.47 Å². The molecule has 0 radical (unpaired) electrons. The number of aryl methyl sites for hydroxylation is 1. The van der Waals surface area contributed by atoms with E-state index in [1.807, 2.05) is 6.07 Å². The topological polar surface area (TPSA) is 90.7 Å². The van der Waals surface area contributed by atoms with Crippen molar-refractivity contribution < 1.29 is 35.9 Å². The van der Waals surface area contributed by atoms with Gasteiger partial charge >= 0.3 is 12.1 Å². The number of rotatable bonds is 5. The van der Waals surface area contributed by atoms with E-state index >= 15 is 0 Å². The van der Waals surface area contributed by atoms with Crippen LogP contribution in [0.2, 0.25) is 0 Å². The van der Waals surface area contributed by atoms with Crippen molar-refractivity contribution in [3.63, 3.8) is 0 Å². The third kappa shape index (κ3) is 4.52. The Morgan fingerprint density at radius 2 is 1.88 bits per heavy atom. The van der Waals surface area contributed by atoms with Crippen molar-refractivity contribution in [3.8, 4) is 0 Å². The lowest BCUT2D eigenvalue weighted by Crippen LogP contribution is -2.37. The molecular weight excluding hydrogens is 475 g/mol. The third-order valence-electron chi connectivity index (χ3n) is 6.51. The SMILES string of the molecule is COC(=O)[C@@H]1C[C@@H](S(=O)(=O)c2ccccc2C(F)(F)F)CN1c1cc(C2CCOCC2)n(C)n1. The second kappa shape index (κ2) is 9.21. The summed E-state index contributed by atoms with van der Waals surface area (Å²) in [5.41, 5.74) is -0.293. The lowest BCUT2D eigenvalue weighted by atomic mass is 9.96. The fourth-order valence-electron chi connectivity index (χ4n) is 4.75. The highest BCUT2D eigenvalue weighted by Crippen LogP contribution is 2.39. The maximum absolute atomic E-state index is 13.5. The Bertz CT molecular complexity index is 1160. The number of halogens is 3. The fourth-order valence-corrected chi connectivity index (χ4v) is 6.66. The van der Waals surface area contributed by atoms with Crippen LogP contribution in [0.5, 0.6) is 0 Å². The molecule has 1 aromatic carbocycles. The summed E-state index contributed by atoms with van der Waals surface area (Å²) < 4.78 is 79.2. The van der Waals surface area contributed by atoms with Gasteiger partial charge in [-0.05, 0) is 31.4 Å². The minimum absolute atomic E-state index is 0.182. The van der Waals surface area contributed by atoms with Crippen LogP contribution in [-0.4, -0.2) is 62.3 Å². The van der Waals surface area contributed by atoms with Crippen LogP contribution in [0, 0.1) is 0 Å². The molecule has 0 N–H and O–H groups in total. The van der Waals surface area contributed by atoms with Crippen molar-refractivity contribution in [1.29, 1.82) is 0 Å². The highest BCUT2D eigenvalue weighted by molar-refractivity contribution is 7.92. The molecule has 0 bridgehead atoms. The number of benzene rings is 1. The minimum atomic E-state index is -4.83. The number of esters is 1. The predicted molar refractivity (Wildman–Crippen MR) is 116 cm³/mol. The molecule has 186 valence electrons. The molecule has 3 heterocycles. The maximum Gasteiger partial charge on any atom is 0.417 e. The summed E-state index contributed by atoms with van der Waals surface area (Å²) >= 11 is 0. The number of ether oxygens (including phenoxy) is 2. The lowest BCUT2D eigenvalue weighted by molar-refractivity contribution is -0.142. The molecule has 4 rings (SSSR count). The van der Waals surface area contributed by atoms with Crippen molar-refractivity contribution in [3.05, 3.63) is 41.6 Å². The summed E-state index contributed by atoms with van der Waals surface area (Å²) in [4.78, 5) is 13.3. The number of carbonyl (C=O) groups is 1. The van der Waals surface area contributed by atoms with Crippen molar-refractivity contribution in [2.75, 3.05) is 31.8 Å². The van der Waals surface area contributed by atoms with Gasteiger partial charge in [-0.1, -0.05) is 12.1 Å². The molecule has 0 aliphatic carbocycles. The Labute approximate surface area is 195 Å². The van der Waals surface area contributed by atoms with Gasteiger partial charge in [-0.3, -0.25) is 4.68 Å². The molecule has 2 fully saturated rings. The molecule has 2 aromatic rings. The molecule has 12 heteroatoms. The first kappa shape index (κ1) is 24.5. The third-order valence-corrected chi connectivity index (χ3v) is 8.70. The smallest absolute Gasteiger partial charge is 0.417 e. The Balaban J connectivity index is 1.68. The first-order valence-corrected chi connectivity index (χ1v) is 12.4. The van der Waals surface area contributed by atoms with Crippen LogP contribution < -0.4 is 4.90 Å². The molecule has 2 aliphatic heterocycles. The van der Waals surface area contributed by atoms with E-state index in [0.29, 0.717) is 19.0 Å². The van der Waals surface area contributed by atoms with E-state index in [2.05, 4.69) is 5.10 Å². The zero-order valence-corrected chi connectivity index (χ0v) is 19.6. The maximum atomic E-state index is 13.5. The van der Waals surface area contributed by atoms with Gasteiger partial charge in [0.15, 0.2) is 15.7 Å². The summed E-state index contributed by atoms with van der Waals surface area (Å²) in [5, 5.41) is 3.26. The first-order valence-electron chi connectivity index (χ1n) is 10.9. The summed E-state index contributed by atoms with van der Waals surface area (Å²) in [6.07, 6.45) is -3.41. The molecule has 0 amide bonds. The predicted octanol–water partition coefficient (Wildman–Crippen LogP) is 2.93. The summed E-state index contributed by atoms with van der Waals surface area (Å²) in [5.74, 6) is -0.0707. The van der Waals surface area contributed by atoms with E-state index in [1.54, 1.807) is 11.7 Å². The van der Waals surface area contributed by atoms with Crippen LogP contribution in [0.1, 0.15) is 36.4 Å². The van der Waals surface area contributed by atoms with Gasteiger partial charge in [0.05, 0.1) is 22.8 Å². The van der Waals surface area contributed by atoms with Crippen molar-refractivity contribution in [2.24, 2.45) is 7.05 Å². The van der Waals surface area contributed by atoms with E-state index in [0.717, 1.165) is 36.7 Å². The van der Waals surface area contributed by atoms with Crippen LogP contribution in [0.15, 0.2) is 35.2 Å². The zero-order chi connectivity index (χ0) is 24.7. The van der Waals surface area contributed by atoms with Gasteiger partial charge in [-0.2, -0.15) is 18.3 Å². The average Bonchev–Trinajstić information content (AvgIpc) is 3.43. The normalized spacial score (nSPS) is 22.2. The number of sulfone groups is 1. The van der Waals surface area contributed by atoms with Gasteiger partial charge in [0, 0.05) is 44.5 Å². The van der Waals surface area contributed by atoms with Crippen LogP contribution in [0.4, 0.5) is 19.0 Å². The highest BCUT2D eigenvalue weighted by Gasteiger charge is 2.47. The van der Waals surface area contributed by atoms with Gasteiger partial charge in [0.1, 0.15) is 6.04 Å². The minimum Gasteiger partial charge on any atom is -0.467 e. The van der Waals surface area contributed by atoms with Gasteiger partial charge in [-0.15, -0.1) is 0 Å². The van der Waals surface area contributed by atoms with E-state index < -0.39 is 43.7 Å². The van der Waals surface area contributed by atoms with Crippen molar-refractivity contribution in [1.82, 2.24) is 9.78 Å². The standard InChI is InChI=1S/C22H26F3N3O5S/c1-27-17(14-7-9-33-10-8-14)12-20(26-27)28-13-15(11-18(28)21(29)32-2)34(30,31)19-6-4-3-5-16(19)22(23,24)25/h3-6,12,14-15,18H,7-11,13H2,1-2H3/t15-,18+/m1/s1. The van der Waals surface area contributed by atoms with E-state index in [-0.39, 0.29) is 18.9 Å². The number of alkyl halides is 3. The average molecular weight is 502 g/mol. The van der Waals surface area contributed by atoms with Crippen molar-refractivity contribution >= 4 is 21.6 Å². The Hall–Kier alpha value is -2.60. The monoisotopic (exact) mass is 501 g/mol. The first-order chi connectivity index (χ1) is 16.0. The van der Waals surface area contributed by atoms with Crippen LogP contribution in [-0.2, 0) is 37.3 Å². The molecule has 0 unspecified atom stereocenters. The summed E-state index contributed by atoms with van der Waals surface area (Å²) in [6, 6.07) is 4.93. The number of hydrogen-bond donors (Lipinski definition) is 0. The molecule has 8 nitrogen and oxygen atoms in total. The second-order valence-electron chi connectivity index (χ2n) is 8.53. The van der Waals surface area contributed by atoms with Gasteiger partial charge in [0.25, 0.3) is 0 Å². The number of anilines is 1. The Morgan fingerprint density at radius 1 is 1.21 bits per heavy atom. The lowest BCUT2D eigenvalue weighted by Gasteiger charge is -2.22. The number of methoxy groups -OCH3 is 1. The van der Waals surface area contributed by atoms with Gasteiger partial charge in [0.2, 0.25) is 0 Å². The molecule has 0 saturated carbocycles. The van der Waals surface area contributed by atoms with Crippen molar-refractivity contribution in [2.45, 2.75) is 47.5 Å².